The molecule has 0 bridgehead atoms. The Labute approximate surface area is 124 Å². The van der Waals surface area contributed by atoms with E-state index in [1.165, 1.54) is 6.42 Å². The van der Waals surface area contributed by atoms with E-state index in [0.29, 0.717) is 6.42 Å². The minimum Gasteiger partial charge on any atom is -0.352 e. The lowest BCUT2D eigenvalue weighted by Crippen LogP contribution is -2.48. The number of halogens is 2. The molecule has 0 aromatic heterocycles. The van der Waals surface area contributed by atoms with E-state index in [9.17, 15) is 13.6 Å². The van der Waals surface area contributed by atoms with E-state index in [0.717, 1.165) is 43.9 Å². The van der Waals surface area contributed by atoms with Crippen LogP contribution >= 0.6 is 0 Å². The zero-order chi connectivity index (χ0) is 15.3. The molecule has 5 heteroatoms. The Hall–Kier alpha value is -1.49. The molecule has 1 fully saturated rings. The number of rotatable bonds is 5. The third-order valence-corrected chi connectivity index (χ3v) is 4.32. The number of carbonyl (C=O) groups excluding carboxylic acids is 1. The van der Waals surface area contributed by atoms with Crippen LogP contribution in [0.3, 0.4) is 0 Å². The largest absolute Gasteiger partial charge is 0.352 e. The van der Waals surface area contributed by atoms with Crippen molar-refractivity contribution in [2.45, 2.75) is 50.6 Å². The monoisotopic (exact) mass is 296 g/mol. The Morgan fingerprint density at radius 1 is 1.24 bits per heavy atom. The second kappa shape index (κ2) is 6.98. The van der Waals surface area contributed by atoms with Crippen LogP contribution < -0.4 is 10.6 Å². The van der Waals surface area contributed by atoms with E-state index in [2.05, 4.69) is 10.6 Å². The summed E-state index contributed by atoms with van der Waals surface area (Å²) in [4.78, 5) is 12.1. The highest BCUT2D eigenvalue weighted by atomic mass is 19.1. The normalized spacial score (nSPS) is 17.5. The molecule has 1 saturated carbocycles. The smallest absolute Gasteiger partial charge is 0.222 e. The summed E-state index contributed by atoms with van der Waals surface area (Å²) >= 11 is 0. The molecule has 1 aromatic rings. The van der Waals surface area contributed by atoms with E-state index in [4.69, 9.17) is 0 Å². The van der Waals surface area contributed by atoms with Gasteiger partial charge in [-0.15, -0.1) is 0 Å². The van der Waals surface area contributed by atoms with Gasteiger partial charge in [0.2, 0.25) is 5.91 Å². The van der Waals surface area contributed by atoms with Gasteiger partial charge in [-0.25, -0.2) is 8.78 Å². The molecule has 0 unspecified atom stereocenters. The first kappa shape index (κ1) is 15.9. The van der Waals surface area contributed by atoms with Gasteiger partial charge in [0.25, 0.3) is 0 Å². The summed E-state index contributed by atoms with van der Waals surface area (Å²) in [6, 6.07) is 3.26. The number of carbonyl (C=O) groups is 1. The maximum atomic E-state index is 13.5. The molecule has 2 rings (SSSR count). The van der Waals surface area contributed by atoms with Gasteiger partial charge in [-0.05, 0) is 38.1 Å². The van der Waals surface area contributed by atoms with Gasteiger partial charge >= 0.3 is 0 Å². The van der Waals surface area contributed by atoms with Gasteiger partial charge in [-0.3, -0.25) is 4.79 Å². The topological polar surface area (TPSA) is 41.1 Å². The van der Waals surface area contributed by atoms with Crippen LogP contribution in [0.2, 0.25) is 0 Å². The van der Waals surface area contributed by atoms with E-state index in [-0.39, 0.29) is 23.6 Å². The third-order valence-electron chi connectivity index (χ3n) is 4.32. The number of hydrogen-bond acceptors (Lipinski definition) is 2. The Kier molecular flexibility index (Phi) is 5.28. The molecule has 1 amide bonds. The molecule has 1 aromatic carbocycles. The summed E-state index contributed by atoms with van der Waals surface area (Å²) in [5.74, 6) is -1.13. The van der Waals surface area contributed by atoms with E-state index in [1.807, 2.05) is 7.05 Å². The number of amides is 1. The third kappa shape index (κ3) is 4.24. The first-order valence-corrected chi connectivity index (χ1v) is 7.44. The van der Waals surface area contributed by atoms with Crippen LogP contribution in [0.5, 0.6) is 0 Å². The van der Waals surface area contributed by atoms with Crippen LogP contribution in [0.15, 0.2) is 18.2 Å². The van der Waals surface area contributed by atoms with Crippen LogP contribution in [0.4, 0.5) is 8.78 Å². The minimum atomic E-state index is -0.502. The molecule has 0 radical (unpaired) electrons. The number of benzene rings is 1. The summed E-state index contributed by atoms with van der Waals surface area (Å²) in [7, 11) is 1.88. The molecular weight excluding hydrogens is 274 g/mol. The van der Waals surface area contributed by atoms with E-state index in [1.54, 1.807) is 0 Å². The highest BCUT2D eigenvalue weighted by Crippen LogP contribution is 2.30. The van der Waals surface area contributed by atoms with Crippen LogP contribution in [0, 0.1) is 11.6 Å². The van der Waals surface area contributed by atoms with Gasteiger partial charge in [0, 0.05) is 24.1 Å². The maximum Gasteiger partial charge on any atom is 0.222 e. The Morgan fingerprint density at radius 2 is 1.95 bits per heavy atom. The van der Waals surface area contributed by atoms with Crippen molar-refractivity contribution in [3.63, 3.8) is 0 Å². The highest BCUT2D eigenvalue weighted by molar-refractivity contribution is 5.77. The average molecular weight is 296 g/mol. The average Bonchev–Trinajstić information content (AvgIpc) is 2.49. The van der Waals surface area contributed by atoms with Gasteiger partial charge in [0.1, 0.15) is 11.6 Å². The van der Waals surface area contributed by atoms with Crippen molar-refractivity contribution >= 4 is 5.91 Å². The van der Waals surface area contributed by atoms with Crippen LogP contribution in [-0.2, 0) is 11.3 Å². The van der Waals surface area contributed by atoms with Gasteiger partial charge in [0.15, 0.2) is 0 Å². The first-order chi connectivity index (χ1) is 10.0. The summed E-state index contributed by atoms with van der Waals surface area (Å²) < 4.78 is 26.6. The predicted molar refractivity (Wildman–Crippen MR) is 77.7 cm³/mol. The van der Waals surface area contributed by atoms with Crippen molar-refractivity contribution in [3.05, 3.63) is 35.4 Å². The van der Waals surface area contributed by atoms with Crippen molar-refractivity contribution in [2.75, 3.05) is 7.05 Å². The summed E-state index contributed by atoms with van der Waals surface area (Å²) in [5.41, 5.74) is 0.0218. The molecule has 0 aliphatic heterocycles. The zero-order valence-corrected chi connectivity index (χ0v) is 12.3. The van der Waals surface area contributed by atoms with Gasteiger partial charge < -0.3 is 10.6 Å². The lowest BCUT2D eigenvalue weighted by Gasteiger charge is -2.36. The fourth-order valence-corrected chi connectivity index (χ4v) is 2.99. The molecule has 1 aliphatic carbocycles. The van der Waals surface area contributed by atoms with Crippen molar-refractivity contribution < 1.29 is 13.6 Å². The Balaban J connectivity index is 1.91. The fourth-order valence-electron chi connectivity index (χ4n) is 2.99. The molecule has 2 N–H and O–H groups in total. The lowest BCUT2D eigenvalue weighted by molar-refractivity contribution is -0.123. The molecule has 0 atom stereocenters. The van der Waals surface area contributed by atoms with Crippen molar-refractivity contribution in [1.29, 1.82) is 0 Å². The molecule has 0 saturated heterocycles. The van der Waals surface area contributed by atoms with E-state index < -0.39 is 11.6 Å². The fraction of sp³-hybridized carbons (Fsp3) is 0.562. The number of hydrogen-bond donors (Lipinski definition) is 2. The highest BCUT2D eigenvalue weighted by Gasteiger charge is 2.32. The Bertz CT molecular complexity index is 499. The Morgan fingerprint density at radius 3 is 2.62 bits per heavy atom. The molecule has 1 aliphatic rings. The van der Waals surface area contributed by atoms with E-state index >= 15 is 0 Å². The second-order valence-electron chi connectivity index (χ2n) is 5.78. The molecule has 21 heavy (non-hydrogen) atoms. The summed E-state index contributed by atoms with van der Waals surface area (Å²) in [5, 5.41) is 5.96. The first-order valence-electron chi connectivity index (χ1n) is 7.44. The molecule has 3 nitrogen and oxygen atoms in total. The maximum absolute atomic E-state index is 13.5. The van der Waals surface area contributed by atoms with Crippen molar-refractivity contribution in [2.24, 2.45) is 0 Å². The molecule has 116 valence electrons. The SMILES string of the molecule is CNC1(CC(=O)NCc2cc(F)ccc2F)CCCCC1. The summed E-state index contributed by atoms with van der Waals surface area (Å²) in [6.07, 6.45) is 5.77. The standard InChI is InChI=1S/C16H22F2N2O/c1-19-16(7-3-2-4-8-16)10-15(21)20-11-12-9-13(17)5-6-14(12)18/h5-6,9,19H,2-4,7-8,10-11H2,1H3,(H,20,21). The van der Waals surface area contributed by atoms with Crippen molar-refractivity contribution in [1.82, 2.24) is 10.6 Å². The van der Waals surface area contributed by atoms with Crippen LogP contribution in [-0.4, -0.2) is 18.5 Å². The molecular formula is C16H22F2N2O. The molecule has 0 spiro atoms. The van der Waals surface area contributed by atoms with Gasteiger partial charge in [0.05, 0.1) is 0 Å². The van der Waals surface area contributed by atoms with Crippen molar-refractivity contribution in [3.8, 4) is 0 Å². The quantitative estimate of drug-likeness (QED) is 0.877. The van der Waals surface area contributed by atoms with Gasteiger partial charge in [-0.2, -0.15) is 0 Å². The van der Waals surface area contributed by atoms with Gasteiger partial charge in [-0.1, -0.05) is 19.3 Å². The second-order valence-corrected chi connectivity index (χ2v) is 5.78. The molecule has 0 heterocycles. The summed E-state index contributed by atoms with van der Waals surface area (Å²) in [6.45, 7) is 0.0161. The minimum absolute atomic E-state index is 0.0161. The number of nitrogens with one attached hydrogen (secondary N) is 2. The lowest BCUT2D eigenvalue weighted by atomic mass is 9.79. The predicted octanol–water partition coefficient (Wildman–Crippen LogP) is 2.89. The zero-order valence-electron chi connectivity index (χ0n) is 12.3. The van der Waals surface area contributed by atoms with Crippen LogP contribution in [0.25, 0.3) is 0 Å². The van der Waals surface area contributed by atoms with Crippen LogP contribution in [0.1, 0.15) is 44.1 Å².